The summed E-state index contributed by atoms with van der Waals surface area (Å²) in [6, 6.07) is 4.73. The van der Waals surface area contributed by atoms with Gasteiger partial charge in [-0.2, -0.15) is 14.8 Å². The Morgan fingerprint density at radius 1 is 1.15 bits per heavy atom. The smallest absolute Gasteiger partial charge is 0.266 e. The van der Waals surface area contributed by atoms with Crippen LogP contribution in [0.4, 0.5) is 5.95 Å². The molecule has 0 spiro atoms. The summed E-state index contributed by atoms with van der Waals surface area (Å²) in [7, 11) is -3.78. The maximum Gasteiger partial charge on any atom is 0.266 e. The van der Waals surface area contributed by atoms with E-state index in [0.29, 0.717) is 36.2 Å². The van der Waals surface area contributed by atoms with Crippen LogP contribution in [0.25, 0.3) is 5.69 Å². The van der Waals surface area contributed by atoms with Gasteiger partial charge in [-0.05, 0) is 56.0 Å². The molecule has 27 heavy (non-hydrogen) atoms. The summed E-state index contributed by atoms with van der Waals surface area (Å²) >= 11 is 0. The molecule has 0 bridgehead atoms. The molecule has 9 nitrogen and oxygen atoms in total. The Balaban J connectivity index is 1.46. The lowest BCUT2D eigenvalue weighted by Crippen LogP contribution is -2.33. The monoisotopic (exact) mass is 388 g/mol. The molecule has 4 heterocycles. The number of carbonyl (C=O) groups is 1. The van der Waals surface area contributed by atoms with Crippen LogP contribution in [0.1, 0.15) is 23.2 Å². The number of hydrogen-bond acceptors (Lipinski definition) is 6. The lowest BCUT2D eigenvalue weighted by Gasteiger charge is -2.23. The van der Waals surface area contributed by atoms with Gasteiger partial charge in [-0.1, -0.05) is 0 Å². The number of hydrogen-bond donors (Lipinski definition) is 2. The number of aromatic nitrogens is 3. The molecular weight excluding hydrogens is 368 g/mol. The fourth-order valence-corrected chi connectivity index (χ4v) is 5.51. The molecule has 142 valence electrons. The second-order valence-corrected chi connectivity index (χ2v) is 8.98. The Morgan fingerprint density at radius 2 is 1.89 bits per heavy atom. The van der Waals surface area contributed by atoms with Crippen LogP contribution in [0, 0.1) is 11.8 Å². The zero-order chi connectivity index (χ0) is 18.6. The van der Waals surface area contributed by atoms with Crippen molar-refractivity contribution in [3.05, 3.63) is 30.1 Å². The van der Waals surface area contributed by atoms with Crippen molar-refractivity contribution in [1.82, 2.24) is 25.0 Å². The van der Waals surface area contributed by atoms with Crippen molar-refractivity contribution < 1.29 is 13.2 Å². The maximum absolute atomic E-state index is 13.0. The largest absolute Gasteiger partial charge is 0.339 e. The topological polar surface area (TPSA) is 109 Å². The summed E-state index contributed by atoms with van der Waals surface area (Å²) in [5, 5.41) is 7.48. The Bertz CT molecular complexity index is 1000. The minimum atomic E-state index is -3.78. The van der Waals surface area contributed by atoms with E-state index >= 15 is 0 Å². The number of nitrogens with one attached hydrogen (secondary N) is 2. The summed E-state index contributed by atoms with van der Waals surface area (Å²) in [4.78, 5) is 18.8. The first-order valence-corrected chi connectivity index (χ1v) is 10.6. The van der Waals surface area contributed by atoms with Gasteiger partial charge in [0.25, 0.3) is 15.9 Å². The highest BCUT2D eigenvalue weighted by atomic mass is 32.2. The average Bonchev–Trinajstić information content (AvgIpc) is 3.25. The molecule has 0 saturated carbocycles. The van der Waals surface area contributed by atoms with E-state index in [-0.39, 0.29) is 16.8 Å². The Morgan fingerprint density at radius 3 is 2.63 bits per heavy atom. The summed E-state index contributed by atoms with van der Waals surface area (Å²) in [5.41, 5.74) is 0.780. The van der Waals surface area contributed by atoms with Crippen molar-refractivity contribution in [1.29, 1.82) is 0 Å². The predicted molar refractivity (Wildman–Crippen MR) is 97.2 cm³/mol. The number of amides is 1. The molecule has 1 aromatic carbocycles. The highest BCUT2D eigenvalue weighted by Gasteiger charge is 2.33. The molecule has 2 fully saturated rings. The number of benzene rings is 1. The first-order chi connectivity index (χ1) is 13.0. The Hall–Kier alpha value is -2.46. The van der Waals surface area contributed by atoms with Gasteiger partial charge in [0.2, 0.25) is 5.95 Å². The maximum atomic E-state index is 13.0. The molecule has 0 radical (unpaired) electrons. The lowest BCUT2D eigenvalue weighted by molar-refractivity contribution is 0.0758. The van der Waals surface area contributed by atoms with Crippen LogP contribution in [0.2, 0.25) is 0 Å². The van der Waals surface area contributed by atoms with Gasteiger partial charge in [0.15, 0.2) is 0 Å². The molecule has 0 aliphatic carbocycles. The van der Waals surface area contributed by atoms with E-state index in [4.69, 9.17) is 0 Å². The van der Waals surface area contributed by atoms with Crippen LogP contribution in [-0.4, -0.2) is 60.2 Å². The zero-order valence-electron chi connectivity index (χ0n) is 14.6. The molecule has 3 aliphatic rings. The van der Waals surface area contributed by atoms with Crippen molar-refractivity contribution in [2.24, 2.45) is 11.8 Å². The van der Waals surface area contributed by atoms with E-state index in [1.165, 1.54) is 17.1 Å². The van der Waals surface area contributed by atoms with Crippen molar-refractivity contribution in [3.8, 4) is 5.69 Å². The molecule has 2 saturated heterocycles. The molecule has 10 heteroatoms. The molecule has 2 N–H and O–H groups in total. The standard InChI is InChI=1S/C17H20N6O3S/c24-16(22-5-3-12-8-18-9-13(12)4-6-22)11-1-2-14-15(7-11)27(25,26)21-17-19-10-20-23(14)17/h1-2,7,10,12-13,18H,3-6,8-9H2,(H,19,20,21)/t12-,13+. The minimum Gasteiger partial charge on any atom is -0.339 e. The van der Waals surface area contributed by atoms with Crippen molar-refractivity contribution in [3.63, 3.8) is 0 Å². The second kappa shape index (κ2) is 6.03. The first-order valence-electron chi connectivity index (χ1n) is 9.10. The highest BCUT2D eigenvalue weighted by Crippen LogP contribution is 2.31. The Labute approximate surface area is 156 Å². The molecule has 1 amide bonds. The first kappa shape index (κ1) is 16.7. The van der Waals surface area contributed by atoms with Crippen LogP contribution >= 0.6 is 0 Å². The van der Waals surface area contributed by atoms with Crippen LogP contribution in [0.3, 0.4) is 0 Å². The second-order valence-electron chi connectivity index (χ2n) is 7.33. The lowest BCUT2D eigenvalue weighted by atomic mass is 9.92. The molecule has 2 aromatic rings. The number of sulfonamides is 1. The van der Waals surface area contributed by atoms with E-state index in [1.54, 1.807) is 12.1 Å². The van der Waals surface area contributed by atoms with E-state index in [9.17, 15) is 13.2 Å². The molecule has 3 aliphatic heterocycles. The van der Waals surface area contributed by atoms with E-state index < -0.39 is 10.0 Å². The fourth-order valence-electron chi connectivity index (χ4n) is 4.30. The average molecular weight is 388 g/mol. The third-order valence-electron chi connectivity index (χ3n) is 5.80. The SMILES string of the molecule is O=C(c1ccc2c(c1)S(=O)(=O)Nc1ncnn1-2)N1CC[C@@H]2CNC[C@@H]2CC1. The van der Waals surface area contributed by atoms with Gasteiger partial charge in [0, 0.05) is 18.7 Å². The van der Waals surface area contributed by atoms with E-state index in [1.807, 2.05) is 4.90 Å². The van der Waals surface area contributed by atoms with Crippen LogP contribution in [-0.2, 0) is 10.0 Å². The predicted octanol–water partition coefficient (Wildman–Crippen LogP) is 0.453. The molecule has 2 atom stereocenters. The fraction of sp³-hybridized carbons (Fsp3) is 0.471. The number of nitrogens with zero attached hydrogens (tertiary/aromatic N) is 4. The minimum absolute atomic E-state index is 0.0437. The van der Waals surface area contributed by atoms with Gasteiger partial charge >= 0.3 is 0 Å². The van der Waals surface area contributed by atoms with Crippen LogP contribution < -0.4 is 10.0 Å². The number of fused-ring (bicyclic) bond motifs is 4. The number of carbonyl (C=O) groups excluding carboxylic acids is 1. The molecular formula is C17H20N6O3S. The zero-order valence-corrected chi connectivity index (χ0v) is 15.4. The van der Waals surface area contributed by atoms with E-state index in [2.05, 4.69) is 20.1 Å². The Kier molecular flexibility index (Phi) is 3.73. The number of anilines is 1. The van der Waals surface area contributed by atoms with E-state index in [0.717, 1.165) is 25.9 Å². The third kappa shape index (κ3) is 2.71. The number of likely N-dealkylation sites (tertiary alicyclic amines) is 1. The van der Waals surface area contributed by atoms with Crippen molar-refractivity contribution >= 4 is 21.9 Å². The third-order valence-corrected chi connectivity index (χ3v) is 7.16. The van der Waals surface area contributed by atoms with Crippen LogP contribution in [0.15, 0.2) is 29.4 Å². The summed E-state index contributed by atoms with van der Waals surface area (Å²) in [6.07, 6.45) is 3.25. The van der Waals surface area contributed by atoms with Gasteiger partial charge in [0.05, 0.1) is 5.69 Å². The van der Waals surface area contributed by atoms with Crippen molar-refractivity contribution in [2.45, 2.75) is 17.7 Å². The van der Waals surface area contributed by atoms with Crippen molar-refractivity contribution in [2.75, 3.05) is 30.9 Å². The van der Waals surface area contributed by atoms with Gasteiger partial charge < -0.3 is 10.2 Å². The van der Waals surface area contributed by atoms with Gasteiger partial charge in [-0.3, -0.25) is 4.79 Å². The summed E-state index contributed by atoms with van der Waals surface area (Å²) in [5.74, 6) is 1.28. The molecule has 5 rings (SSSR count). The highest BCUT2D eigenvalue weighted by molar-refractivity contribution is 7.93. The normalized spacial score (nSPS) is 25.7. The van der Waals surface area contributed by atoms with Gasteiger partial charge in [-0.15, -0.1) is 0 Å². The van der Waals surface area contributed by atoms with Gasteiger partial charge in [-0.25, -0.2) is 13.1 Å². The molecule has 0 unspecified atom stereocenters. The summed E-state index contributed by atoms with van der Waals surface area (Å²) in [6.45, 7) is 3.46. The summed E-state index contributed by atoms with van der Waals surface area (Å²) < 4.78 is 28.9. The number of rotatable bonds is 1. The quantitative estimate of drug-likeness (QED) is 0.734. The van der Waals surface area contributed by atoms with Gasteiger partial charge in [0.1, 0.15) is 11.2 Å². The molecule has 1 aromatic heterocycles. The van der Waals surface area contributed by atoms with Crippen LogP contribution in [0.5, 0.6) is 0 Å².